The molecule has 0 atom stereocenters. The summed E-state index contributed by atoms with van der Waals surface area (Å²) >= 11 is 5.99. The van der Waals surface area contributed by atoms with Crippen molar-refractivity contribution in [3.63, 3.8) is 0 Å². The topological polar surface area (TPSA) is 52.7 Å². The van der Waals surface area contributed by atoms with Gasteiger partial charge in [0.05, 0.1) is 6.54 Å². The van der Waals surface area contributed by atoms with Gasteiger partial charge in [0.2, 0.25) is 0 Å². The molecule has 1 aromatic carbocycles. The minimum absolute atomic E-state index is 0.0367. The maximum absolute atomic E-state index is 13.9. The van der Waals surface area contributed by atoms with Gasteiger partial charge in [-0.05, 0) is 24.3 Å². The molecule has 2 aromatic heterocycles. The molecule has 0 saturated heterocycles. The van der Waals surface area contributed by atoms with E-state index in [-0.39, 0.29) is 22.8 Å². The highest BCUT2D eigenvalue weighted by Gasteiger charge is 2.15. The van der Waals surface area contributed by atoms with Crippen molar-refractivity contribution < 1.29 is 4.39 Å². The van der Waals surface area contributed by atoms with E-state index in [1.165, 1.54) is 21.4 Å². The molecule has 0 unspecified atom stereocenters. The smallest absolute Gasteiger partial charge is 0.277 e. The van der Waals surface area contributed by atoms with Gasteiger partial charge in [-0.2, -0.15) is 0 Å². The Labute approximate surface area is 130 Å². The molecule has 112 valence electrons. The van der Waals surface area contributed by atoms with E-state index in [1.54, 1.807) is 37.5 Å². The molecule has 2 heterocycles. The van der Waals surface area contributed by atoms with Crippen LogP contribution in [0.1, 0.15) is 5.56 Å². The van der Waals surface area contributed by atoms with Crippen LogP contribution in [0.25, 0.3) is 11.5 Å². The van der Waals surface area contributed by atoms with Gasteiger partial charge in [-0.25, -0.2) is 13.9 Å². The van der Waals surface area contributed by atoms with Crippen molar-refractivity contribution in [3.8, 4) is 11.5 Å². The van der Waals surface area contributed by atoms with E-state index < -0.39 is 5.82 Å². The maximum atomic E-state index is 13.9. The van der Waals surface area contributed by atoms with Crippen molar-refractivity contribution in [3.05, 3.63) is 69.5 Å². The van der Waals surface area contributed by atoms with Gasteiger partial charge in [0.15, 0.2) is 5.82 Å². The average Bonchev–Trinajstić information content (AvgIpc) is 2.80. The largest absolute Gasteiger partial charge is 0.346 e. The fraction of sp³-hybridized carbons (Fsp3) is 0.133. The Morgan fingerprint density at radius 2 is 2.05 bits per heavy atom. The third kappa shape index (κ3) is 2.53. The Morgan fingerprint density at radius 1 is 1.23 bits per heavy atom. The Balaban J connectivity index is 2.05. The molecule has 0 fully saturated rings. The molecule has 0 saturated carbocycles. The van der Waals surface area contributed by atoms with Crippen molar-refractivity contribution >= 4 is 11.6 Å². The molecular formula is C15H12ClFN4O. The maximum Gasteiger partial charge on any atom is 0.346 e. The molecule has 5 nitrogen and oxygen atoms in total. The lowest BCUT2D eigenvalue weighted by atomic mass is 10.2. The summed E-state index contributed by atoms with van der Waals surface area (Å²) in [6.07, 6.45) is 1.62. The van der Waals surface area contributed by atoms with Gasteiger partial charge < -0.3 is 0 Å². The summed E-state index contributed by atoms with van der Waals surface area (Å²) in [5.74, 6) is -0.0532. The summed E-state index contributed by atoms with van der Waals surface area (Å²) in [5, 5.41) is 4.50. The molecule has 3 aromatic rings. The first kappa shape index (κ1) is 14.5. The van der Waals surface area contributed by atoms with Gasteiger partial charge >= 0.3 is 5.69 Å². The predicted molar refractivity (Wildman–Crippen MR) is 81.2 cm³/mol. The first-order valence-electron chi connectivity index (χ1n) is 6.56. The van der Waals surface area contributed by atoms with Crippen molar-refractivity contribution in [1.29, 1.82) is 0 Å². The van der Waals surface area contributed by atoms with E-state index in [9.17, 15) is 9.18 Å². The zero-order valence-corrected chi connectivity index (χ0v) is 12.5. The Kier molecular flexibility index (Phi) is 3.77. The second-order valence-electron chi connectivity index (χ2n) is 4.74. The van der Waals surface area contributed by atoms with Crippen molar-refractivity contribution in [2.24, 2.45) is 7.05 Å². The quantitative estimate of drug-likeness (QED) is 0.745. The minimum atomic E-state index is -0.468. The monoisotopic (exact) mass is 318 g/mol. The summed E-state index contributed by atoms with van der Waals surface area (Å²) in [5.41, 5.74) is 0.442. The van der Waals surface area contributed by atoms with E-state index in [2.05, 4.69) is 10.1 Å². The fourth-order valence-electron chi connectivity index (χ4n) is 2.14. The van der Waals surface area contributed by atoms with Gasteiger partial charge in [-0.3, -0.25) is 9.55 Å². The summed E-state index contributed by atoms with van der Waals surface area (Å²) in [7, 11) is 1.60. The number of hydrogen-bond donors (Lipinski definition) is 0. The lowest BCUT2D eigenvalue weighted by Gasteiger charge is -2.04. The molecule has 7 heteroatoms. The van der Waals surface area contributed by atoms with Crippen LogP contribution in [0.15, 0.2) is 47.4 Å². The highest BCUT2D eigenvalue weighted by atomic mass is 35.5. The van der Waals surface area contributed by atoms with Crippen LogP contribution in [0, 0.1) is 5.82 Å². The van der Waals surface area contributed by atoms with Crippen LogP contribution in [-0.2, 0) is 13.6 Å². The molecule has 0 aliphatic rings. The Bertz CT molecular complexity index is 853. The molecule has 0 N–H and O–H groups in total. The summed E-state index contributed by atoms with van der Waals surface area (Å²) in [6, 6.07) is 9.73. The summed E-state index contributed by atoms with van der Waals surface area (Å²) in [6.45, 7) is -0.0367. The molecule has 22 heavy (non-hydrogen) atoms. The van der Waals surface area contributed by atoms with E-state index in [1.807, 2.05) is 0 Å². The fourth-order valence-corrected chi connectivity index (χ4v) is 2.36. The van der Waals surface area contributed by atoms with Gasteiger partial charge in [0.1, 0.15) is 11.5 Å². The number of benzene rings is 1. The normalized spacial score (nSPS) is 10.9. The zero-order valence-electron chi connectivity index (χ0n) is 11.7. The summed E-state index contributed by atoms with van der Waals surface area (Å²) < 4.78 is 16.4. The molecule has 0 bridgehead atoms. The molecule has 0 aliphatic heterocycles. The molecule has 0 radical (unpaired) electrons. The predicted octanol–water partition coefficient (Wildman–Crippen LogP) is 2.48. The van der Waals surface area contributed by atoms with Gasteiger partial charge in [0, 0.05) is 23.8 Å². The first-order chi connectivity index (χ1) is 10.6. The second kappa shape index (κ2) is 5.73. The SMILES string of the molecule is Cn1c(-c2ccccn2)nn(Cc2c(F)cccc2Cl)c1=O. The number of aromatic nitrogens is 4. The number of pyridine rings is 1. The number of halogens is 2. The molecule has 0 aliphatic carbocycles. The van der Waals surface area contributed by atoms with Gasteiger partial charge in [-0.1, -0.05) is 23.7 Å². The molecular weight excluding hydrogens is 307 g/mol. The standard InChI is InChI=1S/C15H12ClFN4O/c1-20-14(13-7-2-3-8-18-13)19-21(15(20)22)9-10-11(16)5-4-6-12(10)17/h2-8H,9H2,1H3. The molecule has 0 spiro atoms. The zero-order chi connectivity index (χ0) is 15.7. The van der Waals surface area contributed by atoms with E-state index >= 15 is 0 Å². The van der Waals surface area contributed by atoms with Crippen LogP contribution in [-0.4, -0.2) is 19.3 Å². The number of hydrogen-bond acceptors (Lipinski definition) is 3. The average molecular weight is 319 g/mol. The molecule has 3 rings (SSSR count). The van der Waals surface area contributed by atoms with E-state index in [0.29, 0.717) is 11.5 Å². The van der Waals surface area contributed by atoms with Crippen LogP contribution in [0.3, 0.4) is 0 Å². The number of rotatable bonds is 3. The highest BCUT2D eigenvalue weighted by molar-refractivity contribution is 6.31. The van der Waals surface area contributed by atoms with Gasteiger partial charge in [-0.15, -0.1) is 5.10 Å². The Morgan fingerprint density at radius 3 is 2.73 bits per heavy atom. The van der Waals surface area contributed by atoms with Crippen molar-refractivity contribution in [2.75, 3.05) is 0 Å². The van der Waals surface area contributed by atoms with Crippen molar-refractivity contribution in [1.82, 2.24) is 19.3 Å². The third-order valence-electron chi connectivity index (χ3n) is 3.30. The lowest BCUT2D eigenvalue weighted by Crippen LogP contribution is -2.24. The first-order valence-corrected chi connectivity index (χ1v) is 6.94. The third-order valence-corrected chi connectivity index (χ3v) is 3.66. The van der Waals surface area contributed by atoms with E-state index in [0.717, 1.165) is 0 Å². The van der Waals surface area contributed by atoms with E-state index in [4.69, 9.17) is 11.6 Å². The highest BCUT2D eigenvalue weighted by Crippen LogP contribution is 2.20. The summed E-state index contributed by atoms with van der Waals surface area (Å²) in [4.78, 5) is 16.4. The lowest BCUT2D eigenvalue weighted by molar-refractivity contribution is 0.575. The minimum Gasteiger partial charge on any atom is -0.277 e. The van der Waals surface area contributed by atoms with Gasteiger partial charge in [0.25, 0.3) is 0 Å². The van der Waals surface area contributed by atoms with Crippen LogP contribution < -0.4 is 5.69 Å². The van der Waals surface area contributed by atoms with Crippen LogP contribution in [0.2, 0.25) is 5.02 Å². The van der Waals surface area contributed by atoms with Crippen LogP contribution in [0.4, 0.5) is 4.39 Å². The van der Waals surface area contributed by atoms with Crippen molar-refractivity contribution in [2.45, 2.75) is 6.54 Å². The number of nitrogens with zero attached hydrogens (tertiary/aromatic N) is 4. The van der Waals surface area contributed by atoms with Crippen LogP contribution in [0.5, 0.6) is 0 Å². The second-order valence-corrected chi connectivity index (χ2v) is 5.15. The van der Waals surface area contributed by atoms with Crippen LogP contribution >= 0.6 is 11.6 Å². The Hall–Kier alpha value is -2.47. The molecule has 0 amide bonds.